The van der Waals surface area contributed by atoms with Crippen molar-refractivity contribution in [1.29, 1.82) is 0 Å². The highest BCUT2D eigenvalue weighted by molar-refractivity contribution is 9.11. The predicted octanol–water partition coefficient (Wildman–Crippen LogP) is 5.29. The van der Waals surface area contributed by atoms with Gasteiger partial charge in [-0.25, -0.2) is 0 Å². The summed E-state index contributed by atoms with van der Waals surface area (Å²) in [4.78, 5) is 3.33. The average Bonchev–Trinajstić information content (AvgIpc) is 2.94. The maximum absolute atomic E-state index is 5.54. The summed E-state index contributed by atoms with van der Waals surface area (Å²) in [6, 6.07) is 11.9. The van der Waals surface area contributed by atoms with Crippen molar-refractivity contribution in [2.75, 3.05) is 18.5 Å². The van der Waals surface area contributed by atoms with Crippen LogP contribution in [0.4, 0.5) is 5.69 Å². The number of hydrogen-bond donors (Lipinski definition) is 1. The third-order valence-electron chi connectivity index (χ3n) is 3.03. The van der Waals surface area contributed by atoms with Gasteiger partial charge in [0.15, 0.2) is 5.11 Å². The van der Waals surface area contributed by atoms with Crippen LogP contribution < -0.4 is 10.1 Å². The molecule has 6 heteroatoms. The Labute approximate surface area is 155 Å². The van der Waals surface area contributed by atoms with Gasteiger partial charge >= 0.3 is 0 Å². The van der Waals surface area contributed by atoms with Gasteiger partial charge in [0.05, 0.1) is 16.9 Å². The molecule has 0 unspecified atom stereocenters. The summed E-state index contributed by atoms with van der Waals surface area (Å²) in [5.74, 6) is 0.857. The molecule has 0 saturated heterocycles. The van der Waals surface area contributed by atoms with E-state index in [1.807, 2.05) is 37.3 Å². The van der Waals surface area contributed by atoms with Crippen LogP contribution in [0.2, 0.25) is 0 Å². The second-order valence-electron chi connectivity index (χ2n) is 4.76. The van der Waals surface area contributed by atoms with Gasteiger partial charge in [-0.2, -0.15) is 0 Å². The highest BCUT2D eigenvalue weighted by Crippen LogP contribution is 2.24. The van der Waals surface area contributed by atoms with Crippen molar-refractivity contribution in [1.82, 2.24) is 4.90 Å². The maximum atomic E-state index is 5.54. The normalized spacial score (nSPS) is 10.2. The van der Waals surface area contributed by atoms with Crippen molar-refractivity contribution in [2.45, 2.75) is 13.5 Å². The van der Waals surface area contributed by atoms with Gasteiger partial charge < -0.3 is 15.0 Å². The number of hydrogen-bond acceptors (Lipinski definition) is 3. The van der Waals surface area contributed by atoms with Crippen LogP contribution in [0.25, 0.3) is 0 Å². The number of rotatable bonds is 7. The Balaban J connectivity index is 2.00. The lowest BCUT2D eigenvalue weighted by molar-refractivity contribution is 0.340. The molecule has 1 aromatic heterocycles. The van der Waals surface area contributed by atoms with Crippen molar-refractivity contribution >= 4 is 50.3 Å². The first-order chi connectivity index (χ1) is 11.1. The van der Waals surface area contributed by atoms with Crippen LogP contribution in [-0.4, -0.2) is 23.2 Å². The molecule has 0 aliphatic heterocycles. The third-order valence-corrected chi connectivity index (χ3v) is 5.00. The predicted molar refractivity (Wildman–Crippen MR) is 106 cm³/mol. The summed E-state index contributed by atoms with van der Waals surface area (Å²) in [5.41, 5.74) is 0.944. The van der Waals surface area contributed by atoms with E-state index in [-0.39, 0.29) is 0 Å². The second-order valence-corrected chi connectivity index (χ2v) is 7.70. The first-order valence-corrected chi connectivity index (χ1v) is 9.28. The topological polar surface area (TPSA) is 24.5 Å². The van der Waals surface area contributed by atoms with Crippen molar-refractivity contribution in [3.63, 3.8) is 0 Å². The SMILES string of the molecule is C=CCN(Cc1ccc(Br)s1)C(=S)Nc1ccc(OCC)cc1. The lowest BCUT2D eigenvalue weighted by Gasteiger charge is -2.24. The van der Waals surface area contributed by atoms with E-state index in [2.05, 4.69) is 44.9 Å². The molecule has 23 heavy (non-hydrogen) atoms. The Morgan fingerprint density at radius 3 is 2.65 bits per heavy atom. The van der Waals surface area contributed by atoms with Gasteiger partial charge in [-0.3, -0.25) is 0 Å². The quantitative estimate of drug-likeness (QED) is 0.494. The molecule has 1 N–H and O–H groups in total. The van der Waals surface area contributed by atoms with E-state index >= 15 is 0 Å². The monoisotopic (exact) mass is 410 g/mol. The summed E-state index contributed by atoms with van der Waals surface area (Å²) >= 11 is 10.7. The Hall–Kier alpha value is -1.37. The van der Waals surface area contributed by atoms with Crippen LogP contribution in [0.1, 0.15) is 11.8 Å². The van der Waals surface area contributed by atoms with Gasteiger partial charge in [0, 0.05) is 17.1 Å². The van der Waals surface area contributed by atoms with Crippen molar-refractivity contribution in [2.24, 2.45) is 0 Å². The zero-order valence-corrected chi connectivity index (χ0v) is 16.1. The zero-order chi connectivity index (χ0) is 16.7. The standard InChI is InChI=1S/C17H19BrN2OS2/c1-3-11-20(12-15-9-10-16(18)23-15)17(22)19-13-5-7-14(8-6-13)21-4-2/h3,5-10H,1,4,11-12H2,2H3,(H,19,22). The Kier molecular flexibility index (Phi) is 7.08. The molecule has 1 heterocycles. The fraction of sp³-hybridized carbons (Fsp3) is 0.235. The number of nitrogens with one attached hydrogen (secondary N) is 1. The van der Waals surface area contributed by atoms with Crippen molar-refractivity contribution in [3.05, 3.63) is 57.7 Å². The van der Waals surface area contributed by atoms with E-state index in [9.17, 15) is 0 Å². The van der Waals surface area contributed by atoms with E-state index in [1.165, 1.54) is 4.88 Å². The molecule has 0 radical (unpaired) electrons. The lowest BCUT2D eigenvalue weighted by atomic mass is 10.3. The maximum Gasteiger partial charge on any atom is 0.174 e. The Morgan fingerprint density at radius 2 is 2.09 bits per heavy atom. The van der Waals surface area contributed by atoms with Gasteiger partial charge in [-0.1, -0.05) is 6.08 Å². The van der Waals surface area contributed by atoms with Crippen LogP contribution in [-0.2, 0) is 6.54 Å². The van der Waals surface area contributed by atoms with Crippen LogP contribution in [0.5, 0.6) is 5.75 Å². The fourth-order valence-corrected chi connectivity index (χ4v) is 3.76. The molecule has 0 spiro atoms. The van der Waals surface area contributed by atoms with Crippen molar-refractivity contribution < 1.29 is 4.74 Å². The van der Waals surface area contributed by atoms with Crippen LogP contribution >= 0.6 is 39.5 Å². The molecule has 122 valence electrons. The summed E-state index contributed by atoms with van der Waals surface area (Å²) in [5, 5.41) is 3.95. The van der Waals surface area contributed by atoms with Gasteiger partial charge in [0.25, 0.3) is 0 Å². The molecule has 0 aliphatic rings. The number of ether oxygens (including phenoxy) is 1. The molecule has 0 atom stereocenters. The fourth-order valence-electron chi connectivity index (χ4n) is 2.00. The number of thiophene rings is 1. The molecule has 0 saturated carbocycles. The average molecular weight is 411 g/mol. The molecule has 3 nitrogen and oxygen atoms in total. The molecular formula is C17H19BrN2OS2. The highest BCUT2D eigenvalue weighted by Gasteiger charge is 2.11. The summed E-state index contributed by atoms with van der Waals surface area (Å²) in [6.45, 7) is 7.90. The smallest absolute Gasteiger partial charge is 0.174 e. The minimum Gasteiger partial charge on any atom is -0.494 e. The second kappa shape index (κ2) is 9.05. The summed E-state index contributed by atoms with van der Waals surface area (Å²) in [7, 11) is 0. The summed E-state index contributed by atoms with van der Waals surface area (Å²) in [6.07, 6.45) is 1.86. The molecule has 0 fully saturated rings. The number of halogens is 1. The first kappa shape index (κ1) is 18.0. The van der Waals surface area contributed by atoms with E-state index in [1.54, 1.807) is 11.3 Å². The van der Waals surface area contributed by atoms with Gasteiger partial charge in [-0.05, 0) is 71.5 Å². The molecule has 2 aromatic rings. The van der Waals surface area contributed by atoms with E-state index in [0.717, 1.165) is 21.8 Å². The summed E-state index contributed by atoms with van der Waals surface area (Å²) < 4.78 is 6.57. The van der Waals surface area contributed by atoms with Gasteiger partial charge in [-0.15, -0.1) is 17.9 Å². The Bertz CT molecular complexity index is 655. The minimum atomic E-state index is 0.661. The Morgan fingerprint density at radius 1 is 1.35 bits per heavy atom. The van der Waals surface area contributed by atoms with Gasteiger partial charge in [0.2, 0.25) is 0 Å². The lowest BCUT2D eigenvalue weighted by Crippen LogP contribution is -2.34. The van der Waals surface area contributed by atoms with E-state index < -0.39 is 0 Å². The molecular weight excluding hydrogens is 392 g/mol. The van der Waals surface area contributed by atoms with Crippen molar-refractivity contribution in [3.8, 4) is 5.75 Å². The van der Waals surface area contributed by atoms with Crippen LogP contribution in [0.15, 0.2) is 52.8 Å². The molecule has 2 rings (SSSR count). The number of anilines is 1. The zero-order valence-electron chi connectivity index (χ0n) is 12.9. The largest absolute Gasteiger partial charge is 0.494 e. The molecule has 0 amide bonds. The molecule has 0 bridgehead atoms. The van der Waals surface area contributed by atoms with E-state index in [4.69, 9.17) is 17.0 Å². The third kappa shape index (κ3) is 5.64. The molecule has 1 aromatic carbocycles. The minimum absolute atomic E-state index is 0.661. The van der Waals surface area contributed by atoms with Crippen LogP contribution in [0.3, 0.4) is 0 Å². The number of thiocarbonyl (C=S) groups is 1. The number of benzene rings is 1. The van der Waals surface area contributed by atoms with Crippen LogP contribution in [0, 0.1) is 0 Å². The van der Waals surface area contributed by atoms with Gasteiger partial charge in [0.1, 0.15) is 5.75 Å². The molecule has 0 aliphatic carbocycles. The highest BCUT2D eigenvalue weighted by atomic mass is 79.9. The first-order valence-electron chi connectivity index (χ1n) is 7.26. The number of nitrogens with zero attached hydrogens (tertiary/aromatic N) is 1. The van der Waals surface area contributed by atoms with E-state index in [0.29, 0.717) is 18.3 Å².